The van der Waals surface area contributed by atoms with Crippen LogP contribution >= 0.6 is 11.3 Å². The molecule has 1 aliphatic heterocycles. The molecule has 0 spiro atoms. The second-order valence-electron chi connectivity index (χ2n) is 5.58. The van der Waals surface area contributed by atoms with E-state index in [-0.39, 0.29) is 11.7 Å². The van der Waals surface area contributed by atoms with Gasteiger partial charge in [-0.1, -0.05) is 12.1 Å². The number of nitrogens with zero attached hydrogens (tertiary/aromatic N) is 1. The number of rotatable bonds is 4. The van der Waals surface area contributed by atoms with E-state index in [1.165, 1.54) is 23.5 Å². The summed E-state index contributed by atoms with van der Waals surface area (Å²) in [7, 11) is 0. The topological polar surface area (TPSA) is 51.2 Å². The van der Waals surface area contributed by atoms with E-state index >= 15 is 0 Å². The lowest BCUT2D eigenvalue weighted by Crippen LogP contribution is -2.39. The molecule has 1 unspecified atom stereocenters. The Morgan fingerprint density at radius 3 is 3.14 bits per heavy atom. The van der Waals surface area contributed by atoms with Gasteiger partial charge in [-0.2, -0.15) is 0 Å². The minimum Gasteiger partial charge on any atom is -0.365 e. The van der Waals surface area contributed by atoms with Crippen molar-refractivity contribution < 1.29 is 13.9 Å². The van der Waals surface area contributed by atoms with E-state index in [4.69, 9.17) is 4.74 Å². The molecule has 22 heavy (non-hydrogen) atoms. The minimum absolute atomic E-state index is 0.156. The number of aromatic nitrogens is 1. The molecule has 1 saturated heterocycles. The van der Waals surface area contributed by atoms with Crippen LogP contribution in [-0.2, 0) is 16.0 Å². The van der Waals surface area contributed by atoms with Gasteiger partial charge in [0.05, 0.1) is 0 Å². The van der Waals surface area contributed by atoms with Gasteiger partial charge in [0, 0.05) is 24.1 Å². The fourth-order valence-electron chi connectivity index (χ4n) is 2.48. The van der Waals surface area contributed by atoms with Crippen molar-refractivity contribution in [3.05, 3.63) is 46.7 Å². The summed E-state index contributed by atoms with van der Waals surface area (Å²) in [6.45, 7) is 2.42. The van der Waals surface area contributed by atoms with Crippen molar-refractivity contribution in [1.82, 2.24) is 4.98 Å². The Balaban J connectivity index is 1.65. The number of hydrogen-bond acceptors (Lipinski definition) is 4. The Labute approximate surface area is 132 Å². The Hall–Kier alpha value is -1.79. The van der Waals surface area contributed by atoms with Crippen LogP contribution in [0.5, 0.6) is 0 Å². The minimum atomic E-state index is -0.756. The van der Waals surface area contributed by atoms with Gasteiger partial charge in [-0.15, -0.1) is 11.3 Å². The van der Waals surface area contributed by atoms with Crippen molar-refractivity contribution in [3.8, 4) is 0 Å². The maximum Gasteiger partial charge on any atom is 0.258 e. The van der Waals surface area contributed by atoms with Gasteiger partial charge in [0.15, 0.2) is 5.13 Å². The average Bonchev–Trinajstić information content (AvgIpc) is 3.09. The summed E-state index contributed by atoms with van der Waals surface area (Å²) in [5.41, 5.74) is 0.126. The molecule has 0 aliphatic carbocycles. The van der Waals surface area contributed by atoms with E-state index in [1.807, 2.05) is 6.07 Å². The number of nitrogens with one attached hydrogen (secondary N) is 1. The van der Waals surface area contributed by atoms with Crippen molar-refractivity contribution >= 4 is 22.4 Å². The van der Waals surface area contributed by atoms with Gasteiger partial charge in [-0.3, -0.25) is 10.1 Å². The Kier molecular flexibility index (Phi) is 4.22. The molecule has 2 aromatic rings. The first-order chi connectivity index (χ1) is 10.5. The molecule has 6 heteroatoms. The quantitative estimate of drug-likeness (QED) is 0.939. The summed E-state index contributed by atoms with van der Waals surface area (Å²) in [5.74, 6) is -0.404. The standard InChI is InChI=1S/C16H17FN2O2S/c1-16(6-3-7-21-16)14(20)19-15-18-10-13(22-15)9-11-4-2-5-12(17)8-11/h2,4-5,8,10H,3,6-7,9H2,1H3,(H,18,19,20). The number of thiazole rings is 1. The molecule has 0 bridgehead atoms. The van der Waals surface area contributed by atoms with Gasteiger partial charge < -0.3 is 4.74 Å². The number of carbonyl (C=O) groups is 1. The predicted molar refractivity (Wildman–Crippen MR) is 83.5 cm³/mol. The van der Waals surface area contributed by atoms with Crippen molar-refractivity contribution in [2.75, 3.05) is 11.9 Å². The van der Waals surface area contributed by atoms with Crippen LogP contribution < -0.4 is 5.32 Å². The van der Waals surface area contributed by atoms with Gasteiger partial charge in [0.1, 0.15) is 11.4 Å². The Morgan fingerprint density at radius 2 is 2.41 bits per heavy atom. The van der Waals surface area contributed by atoms with Crippen LogP contribution in [0.15, 0.2) is 30.5 Å². The van der Waals surface area contributed by atoms with Crippen LogP contribution in [-0.4, -0.2) is 23.1 Å². The third-order valence-corrected chi connectivity index (χ3v) is 4.65. The molecule has 1 aromatic carbocycles. The lowest BCUT2D eigenvalue weighted by atomic mass is 10.0. The highest BCUT2D eigenvalue weighted by Gasteiger charge is 2.38. The zero-order valence-electron chi connectivity index (χ0n) is 12.3. The fraction of sp³-hybridized carbons (Fsp3) is 0.375. The lowest BCUT2D eigenvalue weighted by Gasteiger charge is -2.20. The molecule has 1 fully saturated rings. The third kappa shape index (κ3) is 3.34. The monoisotopic (exact) mass is 320 g/mol. The van der Waals surface area contributed by atoms with Crippen LogP contribution in [0.2, 0.25) is 0 Å². The molecular formula is C16H17FN2O2S. The molecule has 0 saturated carbocycles. The highest BCUT2D eigenvalue weighted by molar-refractivity contribution is 7.15. The molecule has 1 aromatic heterocycles. The maximum absolute atomic E-state index is 13.2. The van der Waals surface area contributed by atoms with Crippen LogP contribution in [0.25, 0.3) is 0 Å². The van der Waals surface area contributed by atoms with E-state index < -0.39 is 5.60 Å². The molecule has 2 heterocycles. The molecule has 116 valence electrons. The van der Waals surface area contributed by atoms with Crippen molar-refractivity contribution in [3.63, 3.8) is 0 Å². The number of carbonyl (C=O) groups excluding carboxylic acids is 1. The van der Waals surface area contributed by atoms with E-state index in [9.17, 15) is 9.18 Å². The Morgan fingerprint density at radius 1 is 1.55 bits per heavy atom. The molecule has 0 radical (unpaired) electrons. The first kappa shape index (κ1) is 15.1. The highest BCUT2D eigenvalue weighted by atomic mass is 32.1. The van der Waals surface area contributed by atoms with Crippen molar-refractivity contribution in [2.24, 2.45) is 0 Å². The first-order valence-electron chi connectivity index (χ1n) is 7.20. The number of amides is 1. The molecule has 1 aliphatic rings. The fourth-order valence-corrected chi connectivity index (χ4v) is 3.32. The van der Waals surface area contributed by atoms with Gasteiger partial charge in [0.25, 0.3) is 5.91 Å². The lowest BCUT2D eigenvalue weighted by molar-refractivity contribution is -0.133. The summed E-state index contributed by atoms with van der Waals surface area (Å²) >= 11 is 1.40. The largest absolute Gasteiger partial charge is 0.365 e. The van der Waals surface area contributed by atoms with Crippen LogP contribution in [0, 0.1) is 5.82 Å². The summed E-state index contributed by atoms with van der Waals surface area (Å²) in [4.78, 5) is 17.4. The first-order valence-corrected chi connectivity index (χ1v) is 8.01. The normalized spacial score (nSPS) is 21.0. The molecular weight excluding hydrogens is 303 g/mol. The number of benzene rings is 1. The highest BCUT2D eigenvalue weighted by Crippen LogP contribution is 2.28. The molecule has 1 atom stereocenters. The molecule has 1 N–H and O–H groups in total. The average molecular weight is 320 g/mol. The number of anilines is 1. The van der Waals surface area contributed by atoms with Gasteiger partial charge in [-0.25, -0.2) is 9.37 Å². The second-order valence-corrected chi connectivity index (χ2v) is 6.69. The molecule has 4 nitrogen and oxygen atoms in total. The molecule has 3 rings (SSSR count). The Bertz CT molecular complexity index is 680. The van der Waals surface area contributed by atoms with Gasteiger partial charge in [-0.05, 0) is 37.5 Å². The zero-order chi connectivity index (χ0) is 15.6. The number of hydrogen-bond donors (Lipinski definition) is 1. The van der Waals surface area contributed by atoms with Gasteiger partial charge >= 0.3 is 0 Å². The smallest absolute Gasteiger partial charge is 0.258 e. The zero-order valence-corrected chi connectivity index (χ0v) is 13.1. The van der Waals surface area contributed by atoms with Gasteiger partial charge in [0.2, 0.25) is 0 Å². The summed E-state index contributed by atoms with van der Waals surface area (Å²) in [6, 6.07) is 6.48. The maximum atomic E-state index is 13.2. The van der Waals surface area contributed by atoms with E-state index in [2.05, 4.69) is 10.3 Å². The van der Waals surface area contributed by atoms with Crippen LogP contribution in [0.3, 0.4) is 0 Å². The SMILES string of the molecule is CC1(C(=O)Nc2ncc(Cc3cccc(F)c3)s2)CCCO1. The third-order valence-electron chi connectivity index (χ3n) is 3.74. The van der Waals surface area contributed by atoms with E-state index in [0.717, 1.165) is 23.3 Å². The summed E-state index contributed by atoms with van der Waals surface area (Å²) < 4.78 is 18.7. The summed E-state index contributed by atoms with van der Waals surface area (Å²) in [5, 5.41) is 3.36. The second kappa shape index (κ2) is 6.14. The van der Waals surface area contributed by atoms with E-state index in [0.29, 0.717) is 18.2 Å². The number of halogens is 1. The summed E-state index contributed by atoms with van der Waals surface area (Å²) in [6.07, 6.45) is 3.93. The van der Waals surface area contributed by atoms with Crippen LogP contribution in [0.1, 0.15) is 30.2 Å². The van der Waals surface area contributed by atoms with Crippen LogP contribution in [0.4, 0.5) is 9.52 Å². The molecule has 1 amide bonds. The predicted octanol–water partition coefficient (Wildman–Crippen LogP) is 3.38. The van der Waals surface area contributed by atoms with Crippen molar-refractivity contribution in [1.29, 1.82) is 0 Å². The van der Waals surface area contributed by atoms with Crippen molar-refractivity contribution in [2.45, 2.75) is 31.8 Å². The van der Waals surface area contributed by atoms with E-state index in [1.54, 1.807) is 19.2 Å². The number of ether oxygens (including phenoxy) is 1.